The molecule has 0 spiro atoms. The van der Waals surface area contributed by atoms with Crippen LogP contribution in [0.3, 0.4) is 0 Å². The molecule has 0 radical (unpaired) electrons. The Bertz CT molecular complexity index is 1090. The number of nitrogens with one attached hydrogen (secondary N) is 1. The van der Waals surface area contributed by atoms with Crippen molar-refractivity contribution in [2.24, 2.45) is 0 Å². The molecular formula is C20H20N4O2S2. The molecule has 8 heteroatoms. The summed E-state index contributed by atoms with van der Waals surface area (Å²) in [4.78, 5) is 36.8. The molecule has 1 aliphatic heterocycles. The van der Waals surface area contributed by atoms with Gasteiger partial charge in [0.1, 0.15) is 16.2 Å². The average Bonchev–Trinajstić information content (AvgIpc) is 3.21. The summed E-state index contributed by atoms with van der Waals surface area (Å²) in [5, 5.41) is 4.84. The predicted molar refractivity (Wildman–Crippen MR) is 114 cm³/mol. The van der Waals surface area contributed by atoms with Gasteiger partial charge in [0.05, 0.1) is 5.75 Å². The van der Waals surface area contributed by atoms with E-state index in [-0.39, 0.29) is 17.6 Å². The number of benzene rings is 1. The topological polar surface area (TPSA) is 75.2 Å². The Hall–Kier alpha value is -2.45. The number of aryl methyl sites for hydroxylation is 2. The number of hydrogen-bond donors (Lipinski definition) is 1. The quantitative estimate of drug-likeness (QED) is 0.519. The third kappa shape index (κ3) is 3.49. The van der Waals surface area contributed by atoms with Crippen molar-refractivity contribution in [3.05, 3.63) is 40.5 Å². The predicted octanol–water partition coefficient (Wildman–Crippen LogP) is 3.95. The van der Waals surface area contributed by atoms with Crippen molar-refractivity contribution >= 4 is 56.5 Å². The number of carbonyl (C=O) groups is 2. The summed E-state index contributed by atoms with van der Waals surface area (Å²) >= 11 is 3.08. The van der Waals surface area contributed by atoms with Crippen LogP contribution in [0.15, 0.2) is 29.6 Å². The van der Waals surface area contributed by atoms with Gasteiger partial charge in [-0.2, -0.15) is 0 Å². The van der Waals surface area contributed by atoms with Crippen LogP contribution in [-0.2, 0) is 16.0 Å². The van der Waals surface area contributed by atoms with Crippen molar-refractivity contribution in [1.29, 1.82) is 0 Å². The van der Waals surface area contributed by atoms with Gasteiger partial charge >= 0.3 is 0 Å². The number of thioether (sulfide) groups is 1. The Morgan fingerprint density at radius 2 is 2.11 bits per heavy atom. The van der Waals surface area contributed by atoms with E-state index in [1.54, 1.807) is 29.5 Å². The summed E-state index contributed by atoms with van der Waals surface area (Å²) in [7, 11) is 0. The van der Waals surface area contributed by atoms with E-state index in [4.69, 9.17) is 0 Å². The fourth-order valence-electron chi connectivity index (χ4n) is 3.40. The molecule has 0 saturated heterocycles. The van der Waals surface area contributed by atoms with E-state index < -0.39 is 0 Å². The second kappa shape index (κ2) is 7.52. The number of aromatic nitrogens is 2. The van der Waals surface area contributed by atoms with Crippen LogP contribution in [0.1, 0.15) is 22.9 Å². The zero-order chi connectivity index (χ0) is 19.8. The van der Waals surface area contributed by atoms with Crippen LogP contribution < -0.4 is 10.2 Å². The monoisotopic (exact) mass is 412 g/mol. The van der Waals surface area contributed by atoms with E-state index in [2.05, 4.69) is 29.1 Å². The molecule has 6 nitrogen and oxygen atoms in total. The molecule has 2 amide bonds. The van der Waals surface area contributed by atoms with Gasteiger partial charge in [-0.1, -0.05) is 11.8 Å². The lowest BCUT2D eigenvalue weighted by Crippen LogP contribution is -2.25. The van der Waals surface area contributed by atoms with Gasteiger partial charge in [-0.05, 0) is 49.6 Å². The Morgan fingerprint density at radius 3 is 2.89 bits per heavy atom. The highest BCUT2D eigenvalue weighted by Crippen LogP contribution is 2.34. The number of thiophene rings is 1. The second-order valence-corrected chi connectivity index (χ2v) is 8.91. The highest BCUT2D eigenvalue weighted by Gasteiger charge is 2.22. The summed E-state index contributed by atoms with van der Waals surface area (Å²) in [5.41, 5.74) is 3.95. The molecule has 144 valence electrons. The highest BCUT2D eigenvalue weighted by atomic mass is 32.2. The lowest BCUT2D eigenvalue weighted by Gasteiger charge is -2.15. The maximum atomic E-state index is 12.4. The Morgan fingerprint density at radius 1 is 1.29 bits per heavy atom. The standard InChI is InChI=1S/C20H20N4O2S2/c1-11-12(2)28-20-18(11)19(21-10-22-20)27-9-17(26)23-15-4-5-16-14(8-15)6-7-24(16)13(3)25/h4-5,8,10H,6-7,9H2,1-3H3,(H,23,26). The second-order valence-electron chi connectivity index (χ2n) is 6.74. The first kappa shape index (κ1) is 18.9. The number of anilines is 2. The molecular weight excluding hydrogens is 392 g/mol. The maximum Gasteiger partial charge on any atom is 0.234 e. The van der Waals surface area contributed by atoms with Crippen molar-refractivity contribution in [1.82, 2.24) is 9.97 Å². The number of fused-ring (bicyclic) bond motifs is 2. The number of carbonyl (C=O) groups excluding carboxylic acids is 2. The molecule has 1 N–H and O–H groups in total. The fourth-order valence-corrected chi connectivity index (χ4v) is 5.31. The minimum Gasteiger partial charge on any atom is -0.325 e. The molecule has 0 unspecified atom stereocenters. The molecule has 0 aliphatic carbocycles. The van der Waals surface area contributed by atoms with Gasteiger partial charge in [0.15, 0.2) is 0 Å². The first-order chi connectivity index (χ1) is 13.4. The largest absolute Gasteiger partial charge is 0.325 e. The van der Waals surface area contributed by atoms with Gasteiger partial charge in [-0.15, -0.1) is 11.3 Å². The van der Waals surface area contributed by atoms with Crippen LogP contribution >= 0.6 is 23.1 Å². The number of hydrogen-bond acceptors (Lipinski definition) is 6. The van der Waals surface area contributed by atoms with E-state index >= 15 is 0 Å². The summed E-state index contributed by atoms with van der Waals surface area (Å²) in [6, 6.07) is 5.70. The summed E-state index contributed by atoms with van der Waals surface area (Å²) in [6.07, 6.45) is 2.36. The van der Waals surface area contributed by atoms with E-state index in [0.717, 1.165) is 38.6 Å². The van der Waals surface area contributed by atoms with Gasteiger partial charge in [-0.25, -0.2) is 9.97 Å². The number of amides is 2. The molecule has 0 bridgehead atoms. The molecule has 3 aromatic rings. The number of rotatable bonds is 4. The van der Waals surface area contributed by atoms with Crippen LogP contribution in [0, 0.1) is 13.8 Å². The normalized spacial score (nSPS) is 13.0. The van der Waals surface area contributed by atoms with Crippen molar-refractivity contribution < 1.29 is 9.59 Å². The Kier molecular flexibility index (Phi) is 5.07. The van der Waals surface area contributed by atoms with Crippen molar-refractivity contribution in [2.45, 2.75) is 32.2 Å². The zero-order valence-electron chi connectivity index (χ0n) is 15.9. The SMILES string of the molecule is CC(=O)N1CCc2cc(NC(=O)CSc3ncnc4sc(C)c(C)c34)ccc21. The average molecular weight is 413 g/mol. The van der Waals surface area contributed by atoms with Crippen molar-refractivity contribution in [3.8, 4) is 0 Å². The van der Waals surface area contributed by atoms with Crippen molar-refractivity contribution in [2.75, 3.05) is 22.5 Å². The Labute approximate surface area is 171 Å². The smallest absolute Gasteiger partial charge is 0.234 e. The van der Waals surface area contributed by atoms with Gasteiger partial charge in [0.25, 0.3) is 0 Å². The molecule has 2 aromatic heterocycles. The summed E-state index contributed by atoms with van der Waals surface area (Å²) in [6.45, 7) is 6.41. The van der Waals surface area contributed by atoms with Crippen LogP contribution in [-0.4, -0.2) is 34.1 Å². The molecule has 4 rings (SSSR count). The highest BCUT2D eigenvalue weighted by molar-refractivity contribution is 8.00. The van der Waals surface area contributed by atoms with Gasteiger partial charge in [-0.3, -0.25) is 9.59 Å². The van der Waals surface area contributed by atoms with E-state index in [0.29, 0.717) is 6.54 Å². The van der Waals surface area contributed by atoms with E-state index in [9.17, 15) is 9.59 Å². The molecule has 3 heterocycles. The molecule has 1 aromatic carbocycles. The van der Waals surface area contributed by atoms with Crippen LogP contribution in [0.4, 0.5) is 11.4 Å². The lowest BCUT2D eigenvalue weighted by molar-refractivity contribution is -0.116. The summed E-state index contributed by atoms with van der Waals surface area (Å²) < 4.78 is 0. The molecule has 1 aliphatic rings. The summed E-state index contributed by atoms with van der Waals surface area (Å²) in [5.74, 6) is 0.238. The molecule has 0 atom stereocenters. The van der Waals surface area contributed by atoms with E-state index in [1.807, 2.05) is 18.2 Å². The molecule has 0 saturated carbocycles. The van der Waals surface area contributed by atoms with E-state index in [1.165, 1.54) is 22.2 Å². The van der Waals surface area contributed by atoms with Gasteiger partial charge in [0.2, 0.25) is 11.8 Å². The maximum absolute atomic E-state index is 12.4. The van der Waals surface area contributed by atoms with Gasteiger partial charge in [0, 0.05) is 35.1 Å². The lowest BCUT2D eigenvalue weighted by atomic mass is 10.1. The minimum absolute atomic E-state index is 0.0436. The Balaban J connectivity index is 1.44. The number of nitrogens with zero attached hydrogens (tertiary/aromatic N) is 3. The first-order valence-corrected chi connectivity index (χ1v) is 10.8. The van der Waals surface area contributed by atoms with Crippen LogP contribution in [0.5, 0.6) is 0 Å². The first-order valence-electron chi connectivity index (χ1n) is 8.98. The third-order valence-electron chi connectivity index (χ3n) is 4.91. The van der Waals surface area contributed by atoms with Crippen LogP contribution in [0.2, 0.25) is 0 Å². The zero-order valence-corrected chi connectivity index (χ0v) is 17.5. The molecule has 28 heavy (non-hydrogen) atoms. The fraction of sp³-hybridized carbons (Fsp3) is 0.300. The molecule has 0 fully saturated rings. The van der Waals surface area contributed by atoms with Crippen molar-refractivity contribution in [3.63, 3.8) is 0 Å². The van der Waals surface area contributed by atoms with Crippen LogP contribution in [0.25, 0.3) is 10.2 Å². The minimum atomic E-state index is -0.0808. The third-order valence-corrected chi connectivity index (χ3v) is 7.01. The van der Waals surface area contributed by atoms with Gasteiger partial charge < -0.3 is 10.2 Å².